The highest BCUT2D eigenvalue weighted by atomic mass is 16.5. The fraction of sp³-hybridized carbons (Fsp3) is 0.500. The van der Waals surface area contributed by atoms with Crippen LogP contribution in [0.4, 0.5) is 0 Å². The number of carbonyl (C=O) groups is 1. The van der Waals surface area contributed by atoms with Crippen molar-refractivity contribution >= 4 is 5.91 Å². The molecule has 0 aliphatic heterocycles. The smallest absolute Gasteiger partial charge is 0.220 e. The molecule has 19 heavy (non-hydrogen) atoms. The van der Waals surface area contributed by atoms with Gasteiger partial charge < -0.3 is 20.3 Å². The number of ether oxygens (including phenoxy) is 1. The highest BCUT2D eigenvalue weighted by Crippen LogP contribution is 2.17. The molecule has 106 valence electrons. The van der Waals surface area contributed by atoms with Gasteiger partial charge in [-0.3, -0.25) is 4.79 Å². The first-order valence-electron chi connectivity index (χ1n) is 6.33. The third-order valence-corrected chi connectivity index (χ3v) is 2.82. The molecule has 0 aliphatic carbocycles. The van der Waals surface area contributed by atoms with E-state index in [1.54, 1.807) is 25.3 Å². The molecule has 0 fully saturated rings. The van der Waals surface area contributed by atoms with Crippen molar-refractivity contribution in [2.24, 2.45) is 0 Å². The summed E-state index contributed by atoms with van der Waals surface area (Å²) in [6.45, 7) is 0.386. The molecule has 0 bridgehead atoms. The summed E-state index contributed by atoms with van der Waals surface area (Å²) in [6, 6.07) is 6.79. The lowest BCUT2D eigenvalue weighted by molar-refractivity contribution is -0.122. The van der Waals surface area contributed by atoms with Crippen LogP contribution in [0, 0.1) is 0 Å². The van der Waals surface area contributed by atoms with Crippen molar-refractivity contribution in [1.29, 1.82) is 0 Å². The number of para-hydroxylation sites is 1. The second-order valence-corrected chi connectivity index (χ2v) is 4.36. The minimum atomic E-state index is -0.174. The second kappa shape index (κ2) is 8.50. The van der Waals surface area contributed by atoms with Crippen molar-refractivity contribution in [2.45, 2.75) is 25.3 Å². The number of rotatable bonds is 8. The van der Waals surface area contributed by atoms with E-state index in [0.29, 0.717) is 25.9 Å². The summed E-state index contributed by atoms with van der Waals surface area (Å²) in [5, 5.41) is 21.3. The number of aromatic hydroxyl groups is 1. The van der Waals surface area contributed by atoms with Crippen molar-refractivity contribution in [3.8, 4) is 5.75 Å². The minimum Gasteiger partial charge on any atom is -0.508 e. The van der Waals surface area contributed by atoms with Gasteiger partial charge in [0.2, 0.25) is 5.91 Å². The SMILES string of the molecule is COCC(CCO)NC(=O)CCc1ccccc1O. The molecule has 0 radical (unpaired) electrons. The van der Waals surface area contributed by atoms with Crippen LogP contribution in [0.15, 0.2) is 24.3 Å². The zero-order valence-electron chi connectivity index (χ0n) is 11.1. The molecular weight excluding hydrogens is 246 g/mol. The number of nitrogens with one attached hydrogen (secondary N) is 1. The number of phenolic OH excluding ortho intramolecular Hbond substituents is 1. The summed E-state index contributed by atoms with van der Waals surface area (Å²) in [5.41, 5.74) is 0.753. The van der Waals surface area contributed by atoms with Gasteiger partial charge in [-0.1, -0.05) is 18.2 Å². The van der Waals surface area contributed by atoms with Gasteiger partial charge in [0.05, 0.1) is 12.6 Å². The van der Waals surface area contributed by atoms with Crippen LogP contribution in [0.2, 0.25) is 0 Å². The van der Waals surface area contributed by atoms with E-state index in [1.165, 1.54) is 0 Å². The first-order chi connectivity index (χ1) is 9.17. The molecule has 1 unspecified atom stereocenters. The lowest BCUT2D eigenvalue weighted by Crippen LogP contribution is -2.38. The largest absolute Gasteiger partial charge is 0.508 e. The van der Waals surface area contributed by atoms with Gasteiger partial charge in [-0.2, -0.15) is 0 Å². The van der Waals surface area contributed by atoms with Gasteiger partial charge in [-0.15, -0.1) is 0 Å². The molecule has 0 aliphatic rings. The predicted octanol–water partition coefficient (Wildman–Crippen LogP) is 0.838. The molecule has 1 aromatic carbocycles. The number of hydrogen-bond donors (Lipinski definition) is 3. The molecule has 3 N–H and O–H groups in total. The minimum absolute atomic E-state index is 0.00772. The summed E-state index contributed by atoms with van der Waals surface area (Å²) in [4.78, 5) is 11.8. The molecule has 5 nitrogen and oxygen atoms in total. The Morgan fingerprint density at radius 3 is 2.79 bits per heavy atom. The Morgan fingerprint density at radius 1 is 1.42 bits per heavy atom. The molecule has 0 heterocycles. The Labute approximate surface area is 113 Å². The molecule has 0 saturated heterocycles. The lowest BCUT2D eigenvalue weighted by atomic mass is 10.1. The maximum atomic E-state index is 11.8. The molecular formula is C14H21NO4. The van der Waals surface area contributed by atoms with Gasteiger partial charge in [-0.25, -0.2) is 0 Å². The van der Waals surface area contributed by atoms with E-state index in [0.717, 1.165) is 5.56 Å². The Morgan fingerprint density at radius 2 is 2.16 bits per heavy atom. The molecule has 1 amide bonds. The van der Waals surface area contributed by atoms with Crippen LogP contribution in [0.5, 0.6) is 5.75 Å². The van der Waals surface area contributed by atoms with Gasteiger partial charge in [0, 0.05) is 20.1 Å². The monoisotopic (exact) mass is 267 g/mol. The first-order valence-corrected chi connectivity index (χ1v) is 6.33. The van der Waals surface area contributed by atoms with Gasteiger partial charge >= 0.3 is 0 Å². The van der Waals surface area contributed by atoms with Gasteiger partial charge in [0.25, 0.3) is 0 Å². The summed E-state index contributed by atoms with van der Waals surface area (Å²) in [7, 11) is 1.55. The number of amides is 1. The number of aryl methyl sites for hydroxylation is 1. The van der Waals surface area contributed by atoms with Gasteiger partial charge in [-0.05, 0) is 24.5 Å². The average molecular weight is 267 g/mol. The summed E-state index contributed by atoms with van der Waals surface area (Å²) in [5.74, 6) is 0.0952. The number of phenols is 1. The van der Waals surface area contributed by atoms with Crippen LogP contribution >= 0.6 is 0 Å². The van der Waals surface area contributed by atoms with E-state index in [1.807, 2.05) is 6.07 Å². The zero-order chi connectivity index (χ0) is 14.1. The standard InChI is InChI=1S/C14H21NO4/c1-19-10-12(8-9-16)15-14(18)7-6-11-4-2-3-5-13(11)17/h2-5,12,16-17H,6-10H2,1H3,(H,15,18). The summed E-state index contributed by atoms with van der Waals surface area (Å²) in [6.07, 6.45) is 1.25. The van der Waals surface area contributed by atoms with Crippen molar-refractivity contribution in [2.75, 3.05) is 20.3 Å². The van der Waals surface area contributed by atoms with Gasteiger partial charge in [0.1, 0.15) is 5.75 Å². The fourth-order valence-electron chi connectivity index (χ4n) is 1.82. The zero-order valence-corrected chi connectivity index (χ0v) is 11.1. The maximum Gasteiger partial charge on any atom is 0.220 e. The molecule has 5 heteroatoms. The number of aliphatic hydroxyl groups excluding tert-OH is 1. The topological polar surface area (TPSA) is 78.8 Å². The van der Waals surface area contributed by atoms with Crippen LogP contribution in [-0.4, -0.2) is 42.5 Å². The second-order valence-electron chi connectivity index (χ2n) is 4.36. The number of methoxy groups -OCH3 is 1. The van der Waals surface area contributed by atoms with E-state index in [9.17, 15) is 9.90 Å². The third-order valence-electron chi connectivity index (χ3n) is 2.82. The summed E-state index contributed by atoms with van der Waals surface area (Å²) >= 11 is 0. The maximum absolute atomic E-state index is 11.8. The van der Waals surface area contributed by atoms with E-state index in [2.05, 4.69) is 5.32 Å². The van der Waals surface area contributed by atoms with Crippen LogP contribution in [0.1, 0.15) is 18.4 Å². The van der Waals surface area contributed by atoms with E-state index in [4.69, 9.17) is 9.84 Å². The Bertz CT molecular complexity index is 389. The molecule has 0 aromatic heterocycles. The van der Waals surface area contributed by atoms with Crippen molar-refractivity contribution < 1.29 is 19.7 Å². The van der Waals surface area contributed by atoms with Gasteiger partial charge in [0.15, 0.2) is 0 Å². The highest BCUT2D eigenvalue weighted by molar-refractivity contribution is 5.76. The molecule has 0 spiro atoms. The van der Waals surface area contributed by atoms with Crippen LogP contribution < -0.4 is 5.32 Å². The fourth-order valence-corrected chi connectivity index (χ4v) is 1.82. The predicted molar refractivity (Wildman–Crippen MR) is 71.9 cm³/mol. The number of aliphatic hydroxyl groups is 1. The van der Waals surface area contributed by atoms with Crippen molar-refractivity contribution in [3.05, 3.63) is 29.8 Å². The Hall–Kier alpha value is -1.59. The van der Waals surface area contributed by atoms with Crippen LogP contribution in [-0.2, 0) is 16.0 Å². The lowest BCUT2D eigenvalue weighted by Gasteiger charge is -2.16. The number of benzene rings is 1. The molecule has 0 saturated carbocycles. The third kappa shape index (κ3) is 5.72. The molecule has 1 aromatic rings. The van der Waals surface area contributed by atoms with Crippen LogP contribution in [0.3, 0.4) is 0 Å². The van der Waals surface area contributed by atoms with Crippen molar-refractivity contribution in [3.63, 3.8) is 0 Å². The number of carbonyl (C=O) groups excluding carboxylic acids is 1. The number of hydrogen-bond acceptors (Lipinski definition) is 4. The highest BCUT2D eigenvalue weighted by Gasteiger charge is 2.12. The Balaban J connectivity index is 2.40. The summed E-state index contributed by atoms with van der Waals surface area (Å²) < 4.78 is 4.97. The molecule has 1 rings (SSSR count). The first kappa shape index (κ1) is 15.5. The van der Waals surface area contributed by atoms with Crippen molar-refractivity contribution in [1.82, 2.24) is 5.32 Å². The van der Waals surface area contributed by atoms with Crippen LogP contribution in [0.25, 0.3) is 0 Å². The Kier molecular flexibility index (Phi) is 6.92. The van der Waals surface area contributed by atoms with E-state index < -0.39 is 0 Å². The molecule has 1 atom stereocenters. The normalized spacial score (nSPS) is 12.1. The average Bonchev–Trinajstić information content (AvgIpc) is 2.38. The quantitative estimate of drug-likeness (QED) is 0.652. The van der Waals surface area contributed by atoms with E-state index >= 15 is 0 Å². The van der Waals surface area contributed by atoms with E-state index in [-0.39, 0.29) is 24.3 Å².